The molecule has 0 bridgehead atoms. The molecular weight excluding hydrogens is 160 g/mol. The lowest BCUT2D eigenvalue weighted by Gasteiger charge is -2.18. The number of rotatable bonds is 2. The van der Waals surface area contributed by atoms with Crippen molar-refractivity contribution in [2.24, 2.45) is 0 Å². The standard InChI is InChI=1S/C4H10O3S2/c1-4(2,8)3-9(5,6)7/h8H,3H2,1-2H3,(H,5,6,7)/p-1. The summed E-state index contributed by atoms with van der Waals surface area (Å²) in [5, 5.41) is 0. The molecule has 0 radical (unpaired) electrons. The molecule has 0 aromatic carbocycles. The van der Waals surface area contributed by atoms with Crippen molar-refractivity contribution in [1.29, 1.82) is 0 Å². The predicted molar refractivity (Wildman–Crippen MR) is 37.6 cm³/mol. The monoisotopic (exact) mass is 169 g/mol. The summed E-state index contributed by atoms with van der Waals surface area (Å²) < 4.78 is 29.4. The molecule has 0 atom stereocenters. The van der Waals surface area contributed by atoms with Crippen LogP contribution in [0.3, 0.4) is 0 Å². The summed E-state index contributed by atoms with van der Waals surface area (Å²) in [6, 6.07) is 0. The highest BCUT2D eigenvalue weighted by Gasteiger charge is 2.14. The molecule has 0 aliphatic heterocycles. The van der Waals surface area contributed by atoms with E-state index in [2.05, 4.69) is 12.6 Å². The molecule has 5 heteroatoms. The maximum absolute atomic E-state index is 10.0. The van der Waals surface area contributed by atoms with Crippen LogP contribution in [0.25, 0.3) is 0 Å². The van der Waals surface area contributed by atoms with E-state index in [1.165, 1.54) is 0 Å². The molecular formula is C4H9O3S2-. The van der Waals surface area contributed by atoms with Crippen LogP contribution in [0.1, 0.15) is 13.8 Å². The first-order valence-electron chi connectivity index (χ1n) is 2.37. The SMILES string of the molecule is CC(C)(S)CS(=O)(=O)[O-]. The van der Waals surface area contributed by atoms with E-state index in [1.807, 2.05) is 0 Å². The first-order valence-corrected chi connectivity index (χ1v) is 4.39. The molecule has 3 nitrogen and oxygen atoms in total. The van der Waals surface area contributed by atoms with Gasteiger partial charge in [0.1, 0.15) is 0 Å². The fraction of sp³-hybridized carbons (Fsp3) is 1.00. The third kappa shape index (κ3) is 8.26. The van der Waals surface area contributed by atoms with E-state index in [-0.39, 0.29) is 0 Å². The topological polar surface area (TPSA) is 57.2 Å². The van der Waals surface area contributed by atoms with Gasteiger partial charge in [-0.05, 0) is 0 Å². The van der Waals surface area contributed by atoms with Gasteiger partial charge in [-0.3, -0.25) is 0 Å². The van der Waals surface area contributed by atoms with E-state index in [4.69, 9.17) is 0 Å². The predicted octanol–water partition coefficient (Wildman–Crippen LogP) is 0.240. The lowest BCUT2D eigenvalue weighted by molar-refractivity contribution is 0.458. The van der Waals surface area contributed by atoms with Gasteiger partial charge in [0.2, 0.25) is 0 Å². The molecule has 0 aromatic heterocycles. The van der Waals surface area contributed by atoms with Crippen LogP contribution in [0, 0.1) is 0 Å². The molecule has 0 saturated heterocycles. The van der Waals surface area contributed by atoms with Gasteiger partial charge in [-0.1, -0.05) is 13.8 Å². The Balaban J connectivity index is 4.07. The Morgan fingerprint density at radius 3 is 1.89 bits per heavy atom. The van der Waals surface area contributed by atoms with Crippen LogP contribution in [0.2, 0.25) is 0 Å². The molecule has 56 valence electrons. The quantitative estimate of drug-likeness (QED) is 0.476. The van der Waals surface area contributed by atoms with E-state index >= 15 is 0 Å². The molecule has 0 heterocycles. The minimum atomic E-state index is -4.11. The maximum Gasteiger partial charge on any atom is 0.0959 e. The van der Waals surface area contributed by atoms with Crippen molar-refractivity contribution in [2.75, 3.05) is 5.75 Å². The molecule has 0 saturated carbocycles. The number of hydrogen-bond acceptors (Lipinski definition) is 4. The Hall–Kier alpha value is 0.260. The fourth-order valence-corrected chi connectivity index (χ4v) is 1.77. The van der Waals surface area contributed by atoms with Gasteiger partial charge in [0.05, 0.1) is 15.9 Å². The van der Waals surface area contributed by atoms with Gasteiger partial charge in [0.15, 0.2) is 0 Å². The summed E-state index contributed by atoms with van der Waals surface area (Å²) in [6.07, 6.45) is 0. The largest absolute Gasteiger partial charge is 0.748 e. The van der Waals surface area contributed by atoms with Crippen LogP contribution in [-0.4, -0.2) is 23.5 Å². The molecule has 0 fully saturated rings. The Morgan fingerprint density at radius 2 is 1.89 bits per heavy atom. The first kappa shape index (κ1) is 9.26. The second-order valence-electron chi connectivity index (χ2n) is 2.51. The van der Waals surface area contributed by atoms with E-state index < -0.39 is 20.6 Å². The van der Waals surface area contributed by atoms with Crippen LogP contribution >= 0.6 is 12.6 Å². The van der Waals surface area contributed by atoms with Gasteiger partial charge in [0.25, 0.3) is 0 Å². The molecule has 0 spiro atoms. The highest BCUT2D eigenvalue weighted by molar-refractivity contribution is 7.88. The molecule has 0 aliphatic rings. The average molecular weight is 169 g/mol. The lowest BCUT2D eigenvalue weighted by Crippen LogP contribution is -2.23. The summed E-state index contributed by atoms with van der Waals surface area (Å²) in [5.74, 6) is -0.427. The Labute approximate surface area is 60.6 Å². The van der Waals surface area contributed by atoms with Crippen molar-refractivity contribution in [3.8, 4) is 0 Å². The highest BCUT2D eigenvalue weighted by Crippen LogP contribution is 2.13. The van der Waals surface area contributed by atoms with Crippen LogP contribution < -0.4 is 0 Å². The van der Waals surface area contributed by atoms with Gasteiger partial charge in [0, 0.05) is 4.75 Å². The Kier molecular flexibility index (Phi) is 2.55. The minimum Gasteiger partial charge on any atom is -0.748 e. The molecule has 0 rings (SSSR count). The second-order valence-corrected chi connectivity index (χ2v) is 5.13. The van der Waals surface area contributed by atoms with Crippen molar-refractivity contribution < 1.29 is 13.0 Å². The van der Waals surface area contributed by atoms with Gasteiger partial charge in [-0.25, -0.2) is 8.42 Å². The zero-order valence-electron chi connectivity index (χ0n) is 5.29. The summed E-state index contributed by atoms with van der Waals surface area (Å²) in [7, 11) is -4.11. The van der Waals surface area contributed by atoms with Gasteiger partial charge in [-0.2, -0.15) is 12.6 Å². The van der Waals surface area contributed by atoms with Gasteiger partial charge in [-0.15, -0.1) is 0 Å². The maximum atomic E-state index is 10.0. The van der Waals surface area contributed by atoms with Crippen molar-refractivity contribution in [3.05, 3.63) is 0 Å². The summed E-state index contributed by atoms with van der Waals surface area (Å²) in [5.41, 5.74) is 0. The molecule has 0 amide bonds. The van der Waals surface area contributed by atoms with Gasteiger partial charge < -0.3 is 4.55 Å². The zero-order chi connectivity index (χ0) is 7.71. The Bertz CT molecular complexity index is 174. The third-order valence-electron chi connectivity index (χ3n) is 0.530. The summed E-state index contributed by atoms with van der Waals surface area (Å²) in [4.78, 5) is 0. The van der Waals surface area contributed by atoms with Crippen molar-refractivity contribution in [3.63, 3.8) is 0 Å². The first-order chi connectivity index (χ1) is 3.71. The molecule has 0 aromatic rings. The summed E-state index contributed by atoms with van der Waals surface area (Å²) >= 11 is 3.87. The fourth-order valence-electron chi connectivity index (χ4n) is 0.433. The normalized spacial score (nSPS) is 13.8. The van der Waals surface area contributed by atoms with E-state index in [0.29, 0.717) is 0 Å². The number of hydrogen-bond donors (Lipinski definition) is 1. The molecule has 0 unspecified atom stereocenters. The minimum absolute atomic E-state index is 0.427. The zero-order valence-corrected chi connectivity index (χ0v) is 7.00. The molecule has 0 N–H and O–H groups in total. The van der Waals surface area contributed by atoms with Crippen molar-refractivity contribution in [1.82, 2.24) is 0 Å². The van der Waals surface area contributed by atoms with E-state index in [1.54, 1.807) is 13.8 Å². The smallest absolute Gasteiger partial charge is 0.0959 e. The van der Waals surface area contributed by atoms with Gasteiger partial charge >= 0.3 is 0 Å². The second kappa shape index (κ2) is 2.48. The van der Waals surface area contributed by atoms with Crippen LogP contribution in [0.15, 0.2) is 0 Å². The van der Waals surface area contributed by atoms with Crippen LogP contribution in [0.4, 0.5) is 0 Å². The highest BCUT2D eigenvalue weighted by atomic mass is 32.2. The van der Waals surface area contributed by atoms with E-state index in [9.17, 15) is 13.0 Å². The van der Waals surface area contributed by atoms with Crippen LogP contribution in [-0.2, 0) is 10.1 Å². The lowest BCUT2D eigenvalue weighted by atomic mass is 10.2. The molecule has 9 heavy (non-hydrogen) atoms. The molecule has 0 aliphatic carbocycles. The average Bonchev–Trinajstić information content (AvgIpc) is 1.14. The van der Waals surface area contributed by atoms with E-state index in [0.717, 1.165) is 0 Å². The van der Waals surface area contributed by atoms with Crippen molar-refractivity contribution in [2.45, 2.75) is 18.6 Å². The summed E-state index contributed by atoms with van der Waals surface area (Å²) in [6.45, 7) is 3.15. The number of thiol groups is 1. The Morgan fingerprint density at radius 1 is 1.56 bits per heavy atom. The van der Waals surface area contributed by atoms with Crippen molar-refractivity contribution >= 4 is 22.7 Å². The third-order valence-corrected chi connectivity index (χ3v) is 1.98. The van der Waals surface area contributed by atoms with Crippen LogP contribution in [0.5, 0.6) is 0 Å².